The van der Waals surface area contributed by atoms with E-state index in [1.165, 1.54) is 65.3 Å². The Morgan fingerprint density at radius 3 is 0.700 bits per heavy atom. The Balaban J connectivity index is 0.958. The lowest BCUT2D eigenvalue weighted by molar-refractivity contribution is 1.29. The minimum atomic E-state index is 1.11. The zero-order valence-corrected chi connectivity index (χ0v) is 33.0. The third kappa shape index (κ3) is 6.61. The summed E-state index contributed by atoms with van der Waals surface area (Å²) in [5.41, 5.74) is 11.4. The maximum Gasteiger partial charge on any atom is 0.0468 e. The molecule has 0 bridgehead atoms. The predicted molar refractivity (Wildman–Crippen MR) is 257 cm³/mol. The summed E-state index contributed by atoms with van der Waals surface area (Å²) in [4.78, 5) is 4.73. The molecular weight excluding hydrogens is 725 g/mol. The largest absolute Gasteiger partial charge is 0.310 e. The molecule has 282 valence electrons. The molecule has 0 atom stereocenters. The van der Waals surface area contributed by atoms with Gasteiger partial charge in [0.05, 0.1) is 0 Å². The van der Waals surface area contributed by atoms with Gasteiger partial charge in [-0.1, -0.05) is 170 Å². The van der Waals surface area contributed by atoms with Crippen LogP contribution in [-0.2, 0) is 0 Å². The molecule has 60 heavy (non-hydrogen) atoms. The molecule has 0 fully saturated rings. The molecule has 11 aromatic rings. The van der Waals surface area contributed by atoms with Crippen LogP contribution in [0.3, 0.4) is 0 Å². The first-order valence-corrected chi connectivity index (χ1v) is 20.6. The summed E-state index contributed by atoms with van der Waals surface area (Å²) in [5.74, 6) is 0. The minimum absolute atomic E-state index is 1.11. The number of fused-ring (bicyclic) bond motifs is 4. The first-order valence-electron chi connectivity index (χ1n) is 20.6. The van der Waals surface area contributed by atoms with E-state index in [1.807, 2.05) is 0 Å². The van der Waals surface area contributed by atoms with E-state index in [9.17, 15) is 0 Å². The van der Waals surface area contributed by atoms with E-state index >= 15 is 0 Å². The van der Waals surface area contributed by atoms with E-state index in [0.29, 0.717) is 0 Å². The van der Waals surface area contributed by atoms with Crippen LogP contribution < -0.4 is 9.80 Å². The summed E-state index contributed by atoms with van der Waals surface area (Å²) in [6, 6.07) is 88.0. The van der Waals surface area contributed by atoms with Crippen molar-refractivity contribution in [3.05, 3.63) is 243 Å². The molecule has 2 nitrogen and oxygen atoms in total. The van der Waals surface area contributed by atoms with E-state index < -0.39 is 0 Å². The molecule has 0 saturated heterocycles. The Hall–Kier alpha value is -7.94. The van der Waals surface area contributed by atoms with E-state index in [4.69, 9.17) is 0 Å². The van der Waals surface area contributed by atoms with Crippen LogP contribution in [0.25, 0.3) is 65.3 Å². The summed E-state index contributed by atoms with van der Waals surface area (Å²) in [6.45, 7) is 0. The zero-order chi connectivity index (χ0) is 39.8. The molecule has 0 aliphatic rings. The Morgan fingerprint density at radius 1 is 0.183 bits per heavy atom. The molecule has 2 heteroatoms. The number of rotatable bonds is 8. The van der Waals surface area contributed by atoms with Gasteiger partial charge in [0.15, 0.2) is 0 Å². The highest BCUT2D eigenvalue weighted by Crippen LogP contribution is 2.42. The predicted octanol–water partition coefficient (Wildman–Crippen LogP) is 16.6. The zero-order valence-electron chi connectivity index (χ0n) is 33.0. The van der Waals surface area contributed by atoms with Crippen LogP contribution in [0.15, 0.2) is 243 Å². The molecule has 0 amide bonds. The fraction of sp³-hybridized carbons (Fsp3) is 0. The number of hydrogen-bond acceptors (Lipinski definition) is 2. The Labute approximate surface area is 350 Å². The van der Waals surface area contributed by atoms with Crippen molar-refractivity contribution in [2.45, 2.75) is 0 Å². The second kappa shape index (κ2) is 15.1. The molecule has 11 aromatic carbocycles. The highest BCUT2D eigenvalue weighted by atomic mass is 15.1. The van der Waals surface area contributed by atoms with Crippen molar-refractivity contribution in [1.29, 1.82) is 0 Å². The van der Waals surface area contributed by atoms with Crippen molar-refractivity contribution in [3.63, 3.8) is 0 Å². The molecule has 0 spiro atoms. The highest BCUT2D eigenvalue weighted by molar-refractivity contribution is 5.95. The normalized spacial score (nSPS) is 11.3. The third-order valence-corrected chi connectivity index (χ3v) is 11.8. The van der Waals surface area contributed by atoms with Crippen LogP contribution in [-0.4, -0.2) is 0 Å². The summed E-state index contributed by atoms with van der Waals surface area (Å²) in [5, 5.41) is 9.80. The lowest BCUT2D eigenvalue weighted by Crippen LogP contribution is -2.10. The van der Waals surface area contributed by atoms with Gasteiger partial charge in [0.1, 0.15) is 0 Å². The van der Waals surface area contributed by atoms with Gasteiger partial charge in [-0.2, -0.15) is 0 Å². The Kier molecular flexibility index (Phi) is 8.87. The summed E-state index contributed by atoms with van der Waals surface area (Å²) in [6.07, 6.45) is 0. The second-order valence-corrected chi connectivity index (χ2v) is 15.4. The average molecular weight is 765 g/mol. The molecule has 0 N–H and O–H groups in total. The topological polar surface area (TPSA) is 6.48 Å². The number of anilines is 6. The third-order valence-electron chi connectivity index (χ3n) is 11.8. The van der Waals surface area contributed by atoms with Crippen LogP contribution in [0.2, 0.25) is 0 Å². The van der Waals surface area contributed by atoms with Crippen molar-refractivity contribution in [2.75, 3.05) is 9.80 Å². The monoisotopic (exact) mass is 764 g/mol. The first kappa shape index (κ1) is 35.2. The molecule has 0 heterocycles. The molecule has 0 radical (unpaired) electrons. The minimum Gasteiger partial charge on any atom is -0.310 e. The standard InChI is InChI=1S/C58H40N2/c1-5-15-47-37-53(33-21-41(47)11-1)59(54-34-22-42-12-2-6-16-48(42)38-54)51-29-25-45(26-30-51)57-19-9-10-20-58(57)46-27-31-52(32-28-46)60(55-35-23-43-13-3-7-17-49(43)39-55)56-36-24-44-14-4-8-18-50(44)40-56/h1-40H. The van der Waals surface area contributed by atoms with Crippen LogP contribution in [0.1, 0.15) is 0 Å². The van der Waals surface area contributed by atoms with Crippen LogP contribution in [0.5, 0.6) is 0 Å². The molecule has 0 aliphatic heterocycles. The summed E-state index contributed by atoms with van der Waals surface area (Å²) in [7, 11) is 0. The van der Waals surface area contributed by atoms with Gasteiger partial charge in [-0.15, -0.1) is 0 Å². The molecule has 0 aromatic heterocycles. The van der Waals surface area contributed by atoms with Gasteiger partial charge in [-0.3, -0.25) is 0 Å². The average Bonchev–Trinajstić information content (AvgIpc) is 3.32. The van der Waals surface area contributed by atoms with Gasteiger partial charge in [0.25, 0.3) is 0 Å². The smallest absolute Gasteiger partial charge is 0.0468 e. The van der Waals surface area contributed by atoms with Crippen LogP contribution in [0.4, 0.5) is 34.1 Å². The number of benzene rings is 11. The van der Waals surface area contributed by atoms with E-state index in [2.05, 4.69) is 252 Å². The van der Waals surface area contributed by atoms with E-state index in [1.54, 1.807) is 0 Å². The fourth-order valence-electron chi connectivity index (χ4n) is 8.72. The van der Waals surface area contributed by atoms with Gasteiger partial charge in [-0.05, 0) is 138 Å². The molecule has 0 unspecified atom stereocenters. The fourth-order valence-corrected chi connectivity index (χ4v) is 8.72. The Morgan fingerprint density at radius 2 is 0.417 bits per heavy atom. The SMILES string of the molecule is c1ccc(-c2ccc(N(c3ccc4ccccc4c3)c3ccc4ccccc4c3)cc2)c(-c2ccc(N(c3ccc4ccccc4c3)c3ccc4ccccc4c3)cc2)c1. The van der Waals surface area contributed by atoms with Crippen molar-refractivity contribution < 1.29 is 0 Å². The second-order valence-electron chi connectivity index (χ2n) is 15.4. The molecule has 0 saturated carbocycles. The first-order chi connectivity index (χ1) is 29.7. The van der Waals surface area contributed by atoms with Gasteiger partial charge in [-0.25, -0.2) is 0 Å². The van der Waals surface area contributed by atoms with Crippen molar-refractivity contribution in [3.8, 4) is 22.3 Å². The van der Waals surface area contributed by atoms with Crippen molar-refractivity contribution in [1.82, 2.24) is 0 Å². The summed E-state index contributed by atoms with van der Waals surface area (Å²) >= 11 is 0. The molecular formula is C58H40N2. The van der Waals surface area contributed by atoms with Crippen LogP contribution in [0, 0.1) is 0 Å². The molecule has 11 rings (SSSR count). The lowest BCUT2D eigenvalue weighted by atomic mass is 9.94. The highest BCUT2D eigenvalue weighted by Gasteiger charge is 2.17. The van der Waals surface area contributed by atoms with E-state index in [0.717, 1.165) is 34.1 Å². The van der Waals surface area contributed by atoms with Crippen LogP contribution >= 0.6 is 0 Å². The summed E-state index contributed by atoms with van der Waals surface area (Å²) < 4.78 is 0. The van der Waals surface area contributed by atoms with Gasteiger partial charge >= 0.3 is 0 Å². The molecule has 0 aliphatic carbocycles. The Bertz CT molecular complexity index is 2950. The number of hydrogen-bond donors (Lipinski definition) is 0. The number of nitrogens with zero attached hydrogens (tertiary/aromatic N) is 2. The maximum absolute atomic E-state index is 2.37. The van der Waals surface area contributed by atoms with Gasteiger partial charge in [0, 0.05) is 34.1 Å². The lowest BCUT2D eigenvalue weighted by Gasteiger charge is -2.27. The van der Waals surface area contributed by atoms with E-state index in [-0.39, 0.29) is 0 Å². The van der Waals surface area contributed by atoms with Gasteiger partial charge < -0.3 is 9.80 Å². The maximum atomic E-state index is 2.37. The van der Waals surface area contributed by atoms with Gasteiger partial charge in [0.2, 0.25) is 0 Å². The van der Waals surface area contributed by atoms with Crippen molar-refractivity contribution >= 4 is 77.2 Å². The van der Waals surface area contributed by atoms with Crippen molar-refractivity contribution in [2.24, 2.45) is 0 Å². The quantitative estimate of drug-likeness (QED) is 0.152.